The predicted molar refractivity (Wildman–Crippen MR) is 71.6 cm³/mol. The Morgan fingerprint density at radius 3 is 2.24 bits per heavy atom. The SMILES string of the molecule is CC(C)(C)Oc1ccc(CCN2CCC2)cc1. The smallest absolute Gasteiger partial charge is 0.120 e. The number of benzene rings is 1. The summed E-state index contributed by atoms with van der Waals surface area (Å²) in [6.45, 7) is 9.98. The van der Waals surface area contributed by atoms with Crippen LogP contribution in [0.5, 0.6) is 5.75 Å². The van der Waals surface area contributed by atoms with Gasteiger partial charge in [-0.15, -0.1) is 0 Å². The normalized spacial score (nSPS) is 16.6. The molecule has 0 spiro atoms. The van der Waals surface area contributed by atoms with Gasteiger partial charge < -0.3 is 9.64 Å². The van der Waals surface area contributed by atoms with Crippen molar-refractivity contribution in [1.29, 1.82) is 0 Å². The highest BCUT2D eigenvalue weighted by molar-refractivity contribution is 5.28. The lowest BCUT2D eigenvalue weighted by atomic mass is 10.1. The van der Waals surface area contributed by atoms with Crippen molar-refractivity contribution in [2.24, 2.45) is 0 Å². The maximum atomic E-state index is 5.80. The third kappa shape index (κ3) is 4.04. The average molecular weight is 233 g/mol. The monoisotopic (exact) mass is 233 g/mol. The summed E-state index contributed by atoms with van der Waals surface area (Å²) in [6.07, 6.45) is 2.52. The maximum absolute atomic E-state index is 5.80. The Bertz CT molecular complexity index is 346. The first-order chi connectivity index (χ1) is 8.03. The van der Waals surface area contributed by atoms with Crippen LogP contribution in [0, 0.1) is 0 Å². The highest BCUT2D eigenvalue weighted by Crippen LogP contribution is 2.19. The molecule has 2 heteroatoms. The van der Waals surface area contributed by atoms with E-state index in [1.54, 1.807) is 0 Å². The van der Waals surface area contributed by atoms with E-state index in [2.05, 4.69) is 49.9 Å². The Balaban J connectivity index is 1.84. The molecule has 1 aliphatic heterocycles. The minimum absolute atomic E-state index is 0.112. The second-order valence-corrected chi connectivity index (χ2v) is 5.80. The molecule has 0 bridgehead atoms. The standard InChI is InChI=1S/C15H23NO/c1-15(2,3)17-14-7-5-13(6-8-14)9-12-16-10-4-11-16/h5-8H,4,9-12H2,1-3H3. The highest BCUT2D eigenvalue weighted by atomic mass is 16.5. The molecule has 0 aromatic heterocycles. The molecule has 1 aromatic rings. The molecular formula is C15H23NO. The van der Waals surface area contributed by atoms with Gasteiger partial charge in [0.1, 0.15) is 11.4 Å². The van der Waals surface area contributed by atoms with Crippen LogP contribution in [-0.4, -0.2) is 30.1 Å². The number of ether oxygens (including phenoxy) is 1. The van der Waals surface area contributed by atoms with Crippen molar-refractivity contribution in [2.45, 2.75) is 39.2 Å². The summed E-state index contributed by atoms with van der Waals surface area (Å²) in [6, 6.07) is 8.52. The fourth-order valence-corrected chi connectivity index (χ4v) is 1.97. The van der Waals surface area contributed by atoms with Gasteiger partial charge in [0.05, 0.1) is 0 Å². The van der Waals surface area contributed by atoms with Crippen molar-refractivity contribution in [2.75, 3.05) is 19.6 Å². The van der Waals surface area contributed by atoms with Gasteiger partial charge in [0.2, 0.25) is 0 Å². The van der Waals surface area contributed by atoms with Gasteiger partial charge in [0, 0.05) is 6.54 Å². The van der Waals surface area contributed by atoms with Crippen LogP contribution in [0.15, 0.2) is 24.3 Å². The number of rotatable bonds is 4. The molecule has 1 aromatic carbocycles. The maximum Gasteiger partial charge on any atom is 0.120 e. The van der Waals surface area contributed by atoms with Gasteiger partial charge in [-0.05, 0) is 64.4 Å². The van der Waals surface area contributed by atoms with E-state index in [0.29, 0.717) is 0 Å². The van der Waals surface area contributed by atoms with Crippen LogP contribution in [-0.2, 0) is 6.42 Å². The first-order valence-corrected chi connectivity index (χ1v) is 6.53. The number of nitrogens with zero attached hydrogens (tertiary/aromatic N) is 1. The van der Waals surface area contributed by atoms with Crippen molar-refractivity contribution in [1.82, 2.24) is 4.90 Å². The Morgan fingerprint density at radius 2 is 1.76 bits per heavy atom. The molecule has 1 aliphatic rings. The fourth-order valence-electron chi connectivity index (χ4n) is 1.97. The molecule has 1 fully saturated rings. The lowest BCUT2D eigenvalue weighted by Gasteiger charge is -2.30. The van der Waals surface area contributed by atoms with E-state index in [4.69, 9.17) is 4.74 Å². The Kier molecular flexibility index (Phi) is 3.72. The van der Waals surface area contributed by atoms with Gasteiger partial charge in [-0.3, -0.25) is 0 Å². The average Bonchev–Trinajstić information content (AvgIpc) is 2.16. The molecule has 0 radical (unpaired) electrons. The summed E-state index contributed by atoms with van der Waals surface area (Å²) in [5, 5.41) is 0. The van der Waals surface area contributed by atoms with E-state index < -0.39 is 0 Å². The third-order valence-electron chi connectivity index (χ3n) is 3.01. The van der Waals surface area contributed by atoms with Crippen LogP contribution in [0.1, 0.15) is 32.8 Å². The molecule has 1 saturated heterocycles. The number of hydrogen-bond acceptors (Lipinski definition) is 2. The van der Waals surface area contributed by atoms with Gasteiger partial charge in [-0.2, -0.15) is 0 Å². The summed E-state index contributed by atoms with van der Waals surface area (Å²) in [5.41, 5.74) is 1.29. The zero-order valence-corrected chi connectivity index (χ0v) is 11.2. The minimum atomic E-state index is -0.112. The zero-order chi connectivity index (χ0) is 12.3. The third-order valence-corrected chi connectivity index (χ3v) is 3.01. The fraction of sp³-hybridized carbons (Fsp3) is 0.600. The van der Waals surface area contributed by atoms with E-state index in [1.807, 2.05) is 0 Å². The van der Waals surface area contributed by atoms with E-state index >= 15 is 0 Å². The molecule has 0 atom stereocenters. The predicted octanol–water partition coefficient (Wildman–Crippen LogP) is 3.11. The highest BCUT2D eigenvalue weighted by Gasteiger charge is 2.13. The minimum Gasteiger partial charge on any atom is -0.488 e. The molecule has 1 heterocycles. The molecule has 0 saturated carbocycles. The lowest BCUT2D eigenvalue weighted by molar-refractivity contribution is 0.131. The van der Waals surface area contributed by atoms with E-state index in [9.17, 15) is 0 Å². The van der Waals surface area contributed by atoms with Crippen LogP contribution in [0.4, 0.5) is 0 Å². The quantitative estimate of drug-likeness (QED) is 0.792. The van der Waals surface area contributed by atoms with Crippen molar-refractivity contribution < 1.29 is 4.74 Å². The number of likely N-dealkylation sites (tertiary alicyclic amines) is 1. The molecule has 0 unspecified atom stereocenters. The van der Waals surface area contributed by atoms with E-state index in [1.165, 1.54) is 31.6 Å². The lowest BCUT2D eigenvalue weighted by Crippen LogP contribution is -2.38. The second kappa shape index (κ2) is 5.09. The summed E-state index contributed by atoms with van der Waals surface area (Å²) in [5.74, 6) is 0.963. The van der Waals surface area contributed by atoms with Crippen LogP contribution < -0.4 is 4.74 Å². The Labute approximate surface area is 105 Å². The topological polar surface area (TPSA) is 12.5 Å². The molecular weight excluding hydrogens is 210 g/mol. The second-order valence-electron chi connectivity index (χ2n) is 5.80. The molecule has 94 valence electrons. The van der Waals surface area contributed by atoms with E-state index in [-0.39, 0.29) is 5.60 Å². The van der Waals surface area contributed by atoms with Gasteiger partial charge in [-0.1, -0.05) is 12.1 Å². The Morgan fingerprint density at radius 1 is 1.12 bits per heavy atom. The molecule has 2 rings (SSSR count). The first kappa shape index (κ1) is 12.4. The first-order valence-electron chi connectivity index (χ1n) is 6.53. The van der Waals surface area contributed by atoms with Gasteiger partial charge in [0.25, 0.3) is 0 Å². The molecule has 0 aliphatic carbocycles. The molecule has 17 heavy (non-hydrogen) atoms. The van der Waals surface area contributed by atoms with Gasteiger partial charge >= 0.3 is 0 Å². The van der Waals surface area contributed by atoms with Crippen LogP contribution in [0.25, 0.3) is 0 Å². The zero-order valence-electron chi connectivity index (χ0n) is 11.2. The van der Waals surface area contributed by atoms with Crippen molar-refractivity contribution in [3.05, 3.63) is 29.8 Å². The van der Waals surface area contributed by atoms with Crippen molar-refractivity contribution >= 4 is 0 Å². The molecule has 0 N–H and O–H groups in total. The summed E-state index contributed by atoms with van der Waals surface area (Å²) >= 11 is 0. The van der Waals surface area contributed by atoms with Crippen LogP contribution in [0.2, 0.25) is 0 Å². The van der Waals surface area contributed by atoms with E-state index in [0.717, 1.165) is 12.2 Å². The van der Waals surface area contributed by atoms with Crippen LogP contribution in [0.3, 0.4) is 0 Å². The molecule has 2 nitrogen and oxygen atoms in total. The largest absolute Gasteiger partial charge is 0.488 e. The van der Waals surface area contributed by atoms with Gasteiger partial charge in [0.15, 0.2) is 0 Å². The van der Waals surface area contributed by atoms with Crippen LogP contribution >= 0.6 is 0 Å². The van der Waals surface area contributed by atoms with Crippen molar-refractivity contribution in [3.8, 4) is 5.75 Å². The summed E-state index contributed by atoms with van der Waals surface area (Å²) in [4.78, 5) is 2.50. The molecule has 0 amide bonds. The Hall–Kier alpha value is -1.02. The van der Waals surface area contributed by atoms with Crippen molar-refractivity contribution in [3.63, 3.8) is 0 Å². The summed E-state index contributed by atoms with van der Waals surface area (Å²) < 4.78 is 5.80. The summed E-state index contributed by atoms with van der Waals surface area (Å²) in [7, 11) is 0. The van der Waals surface area contributed by atoms with Gasteiger partial charge in [-0.25, -0.2) is 0 Å². The number of hydrogen-bond donors (Lipinski definition) is 0.